The molecule has 1 heterocycles. The number of para-hydroxylation sites is 1. The molecule has 0 aliphatic carbocycles. The summed E-state index contributed by atoms with van der Waals surface area (Å²) in [4.78, 5) is 29.2. The molecule has 0 bridgehead atoms. The van der Waals surface area contributed by atoms with Crippen LogP contribution in [0.1, 0.15) is 33.4 Å². The van der Waals surface area contributed by atoms with Crippen LogP contribution in [0.25, 0.3) is 0 Å². The number of carbonyl (C=O) groups excluding carboxylic acids is 2. The second kappa shape index (κ2) is 10.4. The van der Waals surface area contributed by atoms with Gasteiger partial charge in [0.15, 0.2) is 0 Å². The van der Waals surface area contributed by atoms with Crippen LogP contribution in [0.4, 0.5) is 5.69 Å². The van der Waals surface area contributed by atoms with Crippen molar-refractivity contribution < 1.29 is 23.8 Å². The Morgan fingerprint density at radius 2 is 1.65 bits per heavy atom. The minimum Gasteiger partial charge on any atom is -0.497 e. The molecular formula is C27H28N2O5. The van der Waals surface area contributed by atoms with E-state index in [1.807, 2.05) is 54.6 Å². The second-order valence-electron chi connectivity index (χ2n) is 7.96. The summed E-state index contributed by atoms with van der Waals surface area (Å²) in [6, 6.07) is 21.4. The van der Waals surface area contributed by atoms with Crippen molar-refractivity contribution >= 4 is 17.5 Å². The van der Waals surface area contributed by atoms with Gasteiger partial charge in [-0.3, -0.25) is 9.59 Å². The summed E-state index contributed by atoms with van der Waals surface area (Å²) in [5.41, 5.74) is 2.56. The molecule has 1 aliphatic rings. The lowest BCUT2D eigenvalue weighted by Crippen LogP contribution is -2.47. The molecule has 1 N–H and O–H groups in total. The van der Waals surface area contributed by atoms with Crippen molar-refractivity contribution in [3.63, 3.8) is 0 Å². The van der Waals surface area contributed by atoms with Gasteiger partial charge in [0.2, 0.25) is 5.91 Å². The van der Waals surface area contributed by atoms with Crippen molar-refractivity contribution in [3.8, 4) is 11.5 Å². The predicted octanol–water partition coefficient (Wildman–Crippen LogP) is 4.27. The molecule has 0 aromatic heterocycles. The van der Waals surface area contributed by atoms with Crippen molar-refractivity contribution in [2.24, 2.45) is 0 Å². The normalized spacial score (nSPS) is 17.1. The third kappa shape index (κ3) is 4.47. The summed E-state index contributed by atoms with van der Waals surface area (Å²) in [7, 11) is 4.75. The maximum absolute atomic E-state index is 13.9. The molecule has 0 radical (unpaired) electrons. The number of hydrogen-bond donors (Lipinski definition) is 1. The van der Waals surface area contributed by atoms with Crippen molar-refractivity contribution in [1.82, 2.24) is 4.90 Å². The van der Waals surface area contributed by atoms with Gasteiger partial charge in [-0.25, -0.2) is 0 Å². The van der Waals surface area contributed by atoms with E-state index in [0.29, 0.717) is 41.5 Å². The lowest BCUT2D eigenvalue weighted by molar-refractivity contribution is -0.119. The van der Waals surface area contributed by atoms with Crippen LogP contribution in [0.2, 0.25) is 0 Å². The highest BCUT2D eigenvalue weighted by molar-refractivity contribution is 6.04. The van der Waals surface area contributed by atoms with Crippen LogP contribution in [-0.2, 0) is 9.53 Å². The van der Waals surface area contributed by atoms with Crippen LogP contribution >= 0.6 is 0 Å². The highest BCUT2D eigenvalue weighted by Gasteiger charge is 2.45. The number of benzene rings is 3. The molecule has 4 rings (SSSR count). The first kappa shape index (κ1) is 23.3. The highest BCUT2D eigenvalue weighted by Crippen LogP contribution is 2.45. The Morgan fingerprint density at radius 1 is 0.912 bits per heavy atom. The number of fused-ring (bicyclic) bond motifs is 1. The van der Waals surface area contributed by atoms with E-state index in [1.165, 1.54) is 0 Å². The molecular weight excluding hydrogens is 432 g/mol. The first-order valence-electron chi connectivity index (χ1n) is 11.1. The Labute approximate surface area is 199 Å². The summed E-state index contributed by atoms with van der Waals surface area (Å²) >= 11 is 0. The molecule has 7 nitrogen and oxygen atoms in total. The molecule has 2 unspecified atom stereocenters. The Morgan fingerprint density at radius 3 is 2.38 bits per heavy atom. The largest absolute Gasteiger partial charge is 0.497 e. The van der Waals surface area contributed by atoms with E-state index in [9.17, 15) is 9.59 Å². The summed E-state index contributed by atoms with van der Waals surface area (Å²) in [5, 5.41) is 3.03. The quantitative estimate of drug-likeness (QED) is 0.543. The first-order chi connectivity index (χ1) is 16.6. The minimum absolute atomic E-state index is 0.144. The van der Waals surface area contributed by atoms with E-state index in [2.05, 4.69) is 5.32 Å². The van der Waals surface area contributed by atoms with E-state index >= 15 is 0 Å². The molecule has 7 heteroatoms. The number of hydrogen-bond acceptors (Lipinski definition) is 5. The van der Waals surface area contributed by atoms with Gasteiger partial charge >= 0.3 is 0 Å². The van der Waals surface area contributed by atoms with Gasteiger partial charge in [-0.15, -0.1) is 0 Å². The number of rotatable bonds is 8. The fourth-order valence-corrected chi connectivity index (χ4v) is 4.49. The third-order valence-corrected chi connectivity index (χ3v) is 6.05. The number of nitrogens with zero attached hydrogens (tertiary/aromatic N) is 1. The third-order valence-electron chi connectivity index (χ3n) is 6.05. The van der Waals surface area contributed by atoms with Gasteiger partial charge < -0.3 is 24.4 Å². The van der Waals surface area contributed by atoms with Crippen LogP contribution in [0.5, 0.6) is 11.5 Å². The van der Waals surface area contributed by atoms with Gasteiger partial charge in [0.25, 0.3) is 5.91 Å². The zero-order chi connectivity index (χ0) is 24.1. The lowest BCUT2D eigenvalue weighted by atomic mass is 9.78. The molecule has 3 aromatic rings. The predicted molar refractivity (Wildman–Crippen MR) is 129 cm³/mol. The summed E-state index contributed by atoms with van der Waals surface area (Å²) in [5.74, 6) is 0.204. The molecule has 0 saturated heterocycles. The average Bonchev–Trinajstić information content (AvgIpc) is 2.88. The topological polar surface area (TPSA) is 77.1 Å². The first-order valence-corrected chi connectivity index (χ1v) is 11.1. The van der Waals surface area contributed by atoms with Crippen molar-refractivity contribution in [3.05, 3.63) is 89.5 Å². The maximum Gasteiger partial charge on any atom is 0.254 e. The molecule has 176 valence electrons. The lowest BCUT2D eigenvalue weighted by Gasteiger charge is -2.42. The highest BCUT2D eigenvalue weighted by atomic mass is 16.5. The minimum atomic E-state index is -0.673. The number of methoxy groups -OCH3 is 3. The number of nitrogens with one attached hydrogen (secondary N) is 1. The van der Waals surface area contributed by atoms with Crippen LogP contribution < -0.4 is 14.8 Å². The molecule has 3 aromatic carbocycles. The Balaban J connectivity index is 1.85. The van der Waals surface area contributed by atoms with Crippen LogP contribution in [0.15, 0.2) is 72.8 Å². The van der Waals surface area contributed by atoms with E-state index in [1.54, 1.807) is 44.4 Å². The number of anilines is 1. The number of carbonyl (C=O) groups is 2. The molecule has 0 saturated carbocycles. The standard InChI is InChI=1S/C27H28N2O5/c1-32-16-15-29-25(22-13-6-7-14-23(22)34-3)24(20-11-4-5-12-21(20)27(29)31)26(30)28-18-9-8-10-19(17-18)33-2/h4-14,17,24-25H,15-16H2,1-3H3,(H,28,30). The molecule has 2 atom stereocenters. The van der Waals surface area contributed by atoms with Crippen LogP contribution in [0.3, 0.4) is 0 Å². The zero-order valence-corrected chi connectivity index (χ0v) is 19.5. The van der Waals surface area contributed by atoms with Gasteiger partial charge in [-0.1, -0.05) is 42.5 Å². The van der Waals surface area contributed by atoms with Gasteiger partial charge in [0.1, 0.15) is 11.5 Å². The Bertz CT molecular complexity index is 1180. The van der Waals surface area contributed by atoms with Gasteiger partial charge in [-0.2, -0.15) is 0 Å². The fraction of sp³-hybridized carbons (Fsp3) is 0.259. The maximum atomic E-state index is 13.9. The molecule has 34 heavy (non-hydrogen) atoms. The fourth-order valence-electron chi connectivity index (χ4n) is 4.49. The summed E-state index contributed by atoms with van der Waals surface area (Å²) < 4.78 is 16.2. The second-order valence-corrected chi connectivity index (χ2v) is 7.96. The van der Waals surface area contributed by atoms with Gasteiger partial charge in [0, 0.05) is 36.5 Å². The van der Waals surface area contributed by atoms with Crippen molar-refractivity contribution in [2.45, 2.75) is 12.0 Å². The summed E-state index contributed by atoms with van der Waals surface area (Å²) in [6.45, 7) is 0.666. The Kier molecular flexibility index (Phi) is 7.13. The van der Waals surface area contributed by atoms with E-state index in [0.717, 1.165) is 5.56 Å². The average molecular weight is 461 g/mol. The van der Waals surface area contributed by atoms with Crippen molar-refractivity contribution in [1.29, 1.82) is 0 Å². The van der Waals surface area contributed by atoms with Crippen LogP contribution in [-0.4, -0.2) is 51.2 Å². The molecule has 0 spiro atoms. The Hall–Kier alpha value is -3.84. The van der Waals surface area contributed by atoms with Gasteiger partial charge in [-0.05, 0) is 29.8 Å². The molecule has 1 aliphatic heterocycles. The monoisotopic (exact) mass is 460 g/mol. The number of ether oxygens (including phenoxy) is 3. The van der Waals surface area contributed by atoms with E-state index in [-0.39, 0.29) is 11.8 Å². The molecule has 2 amide bonds. The summed E-state index contributed by atoms with van der Waals surface area (Å²) in [6.07, 6.45) is 0. The van der Waals surface area contributed by atoms with E-state index < -0.39 is 12.0 Å². The zero-order valence-electron chi connectivity index (χ0n) is 19.5. The smallest absolute Gasteiger partial charge is 0.254 e. The number of amides is 2. The van der Waals surface area contributed by atoms with E-state index in [4.69, 9.17) is 14.2 Å². The van der Waals surface area contributed by atoms with Crippen LogP contribution in [0, 0.1) is 0 Å². The molecule has 0 fully saturated rings. The van der Waals surface area contributed by atoms with Crippen molar-refractivity contribution in [2.75, 3.05) is 39.8 Å². The SMILES string of the molecule is COCCN1C(=O)c2ccccc2C(C(=O)Nc2cccc(OC)c2)C1c1ccccc1OC. The van der Waals surface area contributed by atoms with Gasteiger partial charge in [0.05, 0.1) is 32.8 Å².